The van der Waals surface area contributed by atoms with Crippen molar-refractivity contribution >= 4 is 44.3 Å². The smallest absolute Gasteiger partial charge is 0.121 e. The van der Waals surface area contributed by atoms with Crippen LogP contribution in [0.25, 0.3) is 32.7 Å². The number of fused-ring (bicyclic) bond motifs is 2. The van der Waals surface area contributed by atoms with Gasteiger partial charge in [-0.05, 0) is 69.4 Å². The lowest BCUT2D eigenvalue weighted by molar-refractivity contribution is 0.810. The Kier molecular flexibility index (Phi) is 8.00. The number of azo groups is 1. The molecule has 8 aromatic rings. The SMILES string of the molecule is c1ccc(C(N=Nc2ccc(-c3ccc(N(c4ccccc4)c4cccc5ccccc45)cc3)c3ccccc23)c2ccccc2)cc1. The molecule has 0 saturated heterocycles. The molecule has 0 aliphatic rings. The predicted molar refractivity (Wildman–Crippen MR) is 201 cm³/mol. The highest BCUT2D eigenvalue weighted by Crippen LogP contribution is 2.41. The van der Waals surface area contributed by atoms with Crippen LogP contribution in [-0.4, -0.2) is 0 Å². The quantitative estimate of drug-likeness (QED) is 0.156. The van der Waals surface area contributed by atoms with Crippen LogP contribution in [0, 0.1) is 0 Å². The van der Waals surface area contributed by atoms with E-state index in [0.29, 0.717) is 0 Å². The van der Waals surface area contributed by atoms with E-state index in [1.165, 1.54) is 10.8 Å². The summed E-state index contributed by atoms with van der Waals surface area (Å²) in [6.45, 7) is 0. The van der Waals surface area contributed by atoms with E-state index in [2.05, 4.69) is 187 Å². The predicted octanol–water partition coefficient (Wildman–Crippen LogP) is 13.0. The zero-order valence-corrected chi connectivity index (χ0v) is 26.4. The third-order valence-electron chi connectivity index (χ3n) is 8.87. The first kappa shape index (κ1) is 29.1. The van der Waals surface area contributed by atoms with Gasteiger partial charge >= 0.3 is 0 Å². The van der Waals surface area contributed by atoms with Crippen molar-refractivity contribution in [1.29, 1.82) is 0 Å². The molecule has 0 unspecified atom stereocenters. The average Bonchev–Trinajstić information content (AvgIpc) is 3.17. The summed E-state index contributed by atoms with van der Waals surface area (Å²) in [7, 11) is 0. The maximum absolute atomic E-state index is 4.92. The molecule has 0 bridgehead atoms. The summed E-state index contributed by atoms with van der Waals surface area (Å²) in [6, 6.07) is 67.8. The second kappa shape index (κ2) is 13.2. The first-order valence-corrected chi connectivity index (χ1v) is 16.3. The molecular formula is C45H33N3. The Morgan fingerprint density at radius 3 is 1.62 bits per heavy atom. The second-order valence-corrected chi connectivity index (χ2v) is 11.8. The van der Waals surface area contributed by atoms with Crippen molar-refractivity contribution in [3.8, 4) is 11.1 Å². The lowest BCUT2D eigenvalue weighted by atomic mass is 9.97. The van der Waals surface area contributed by atoms with E-state index in [9.17, 15) is 0 Å². The normalized spacial score (nSPS) is 11.4. The van der Waals surface area contributed by atoms with Gasteiger partial charge in [0.2, 0.25) is 0 Å². The molecule has 48 heavy (non-hydrogen) atoms. The van der Waals surface area contributed by atoms with Crippen LogP contribution in [0.2, 0.25) is 0 Å². The Labute approximate surface area is 281 Å². The molecule has 0 radical (unpaired) electrons. The van der Waals surface area contributed by atoms with Gasteiger partial charge in [0.05, 0.1) is 11.4 Å². The molecular weight excluding hydrogens is 583 g/mol. The number of hydrogen-bond donors (Lipinski definition) is 0. The number of para-hydroxylation sites is 1. The Hall–Kier alpha value is -6.32. The second-order valence-electron chi connectivity index (χ2n) is 11.8. The van der Waals surface area contributed by atoms with Crippen LogP contribution < -0.4 is 4.90 Å². The number of benzene rings is 8. The number of hydrogen-bond acceptors (Lipinski definition) is 3. The van der Waals surface area contributed by atoms with Gasteiger partial charge in [-0.25, -0.2) is 0 Å². The summed E-state index contributed by atoms with van der Waals surface area (Å²) < 4.78 is 0. The summed E-state index contributed by atoms with van der Waals surface area (Å²) in [5.74, 6) is 0. The Morgan fingerprint density at radius 2 is 0.938 bits per heavy atom. The minimum absolute atomic E-state index is 0.187. The highest BCUT2D eigenvalue weighted by molar-refractivity contribution is 6.03. The van der Waals surface area contributed by atoms with Gasteiger partial charge in [0, 0.05) is 22.1 Å². The minimum Gasteiger partial charge on any atom is -0.310 e. The van der Waals surface area contributed by atoms with Crippen molar-refractivity contribution in [1.82, 2.24) is 0 Å². The van der Waals surface area contributed by atoms with Crippen molar-refractivity contribution in [2.24, 2.45) is 10.2 Å². The minimum atomic E-state index is -0.187. The van der Waals surface area contributed by atoms with Gasteiger partial charge in [-0.2, -0.15) is 10.2 Å². The maximum atomic E-state index is 4.92. The molecule has 8 aromatic carbocycles. The van der Waals surface area contributed by atoms with Crippen molar-refractivity contribution < 1.29 is 0 Å². The number of anilines is 3. The summed E-state index contributed by atoms with van der Waals surface area (Å²) in [5.41, 5.74) is 8.76. The average molecular weight is 616 g/mol. The molecule has 8 rings (SSSR count). The maximum Gasteiger partial charge on any atom is 0.121 e. The van der Waals surface area contributed by atoms with Crippen LogP contribution in [0.1, 0.15) is 17.2 Å². The molecule has 0 spiro atoms. The van der Waals surface area contributed by atoms with Crippen molar-refractivity contribution in [2.45, 2.75) is 6.04 Å². The lowest BCUT2D eigenvalue weighted by Crippen LogP contribution is -2.10. The van der Waals surface area contributed by atoms with Crippen molar-refractivity contribution in [3.63, 3.8) is 0 Å². The fourth-order valence-electron chi connectivity index (χ4n) is 6.54. The first-order valence-electron chi connectivity index (χ1n) is 16.3. The molecule has 0 aliphatic carbocycles. The fraction of sp³-hybridized carbons (Fsp3) is 0.0222. The molecule has 3 nitrogen and oxygen atoms in total. The van der Waals surface area contributed by atoms with E-state index in [4.69, 9.17) is 10.2 Å². The molecule has 228 valence electrons. The third-order valence-corrected chi connectivity index (χ3v) is 8.87. The van der Waals surface area contributed by atoms with Gasteiger partial charge in [-0.3, -0.25) is 0 Å². The van der Waals surface area contributed by atoms with Crippen molar-refractivity contribution in [3.05, 3.63) is 205 Å². The van der Waals surface area contributed by atoms with Crippen LogP contribution in [0.15, 0.2) is 204 Å². The van der Waals surface area contributed by atoms with Gasteiger partial charge < -0.3 is 4.90 Å². The highest BCUT2D eigenvalue weighted by atomic mass is 15.1. The van der Waals surface area contributed by atoms with Crippen molar-refractivity contribution in [2.75, 3.05) is 4.90 Å². The van der Waals surface area contributed by atoms with Crippen LogP contribution in [0.3, 0.4) is 0 Å². The summed E-state index contributed by atoms with van der Waals surface area (Å²) in [6.07, 6.45) is 0. The highest BCUT2D eigenvalue weighted by Gasteiger charge is 2.17. The molecule has 0 amide bonds. The largest absolute Gasteiger partial charge is 0.310 e. The molecule has 0 fully saturated rings. The fourth-order valence-corrected chi connectivity index (χ4v) is 6.54. The van der Waals surface area contributed by atoms with E-state index in [1.807, 2.05) is 12.1 Å². The van der Waals surface area contributed by atoms with E-state index < -0.39 is 0 Å². The number of rotatable bonds is 8. The molecule has 0 N–H and O–H groups in total. The summed E-state index contributed by atoms with van der Waals surface area (Å²) in [4.78, 5) is 2.34. The van der Waals surface area contributed by atoms with Crippen LogP contribution in [0.5, 0.6) is 0 Å². The van der Waals surface area contributed by atoms with Crippen LogP contribution >= 0.6 is 0 Å². The monoisotopic (exact) mass is 615 g/mol. The topological polar surface area (TPSA) is 28.0 Å². The van der Waals surface area contributed by atoms with E-state index >= 15 is 0 Å². The van der Waals surface area contributed by atoms with Gasteiger partial charge in [0.25, 0.3) is 0 Å². The van der Waals surface area contributed by atoms with E-state index in [0.717, 1.165) is 55.8 Å². The Morgan fingerprint density at radius 1 is 0.396 bits per heavy atom. The Bertz CT molecular complexity index is 2290. The van der Waals surface area contributed by atoms with Gasteiger partial charge in [-0.15, -0.1) is 0 Å². The van der Waals surface area contributed by atoms with Crippen LogP contribution in [0.4, 0.5) is 22.7 Å². The van der Waals surface area contributed by atoms with E-state index in [-0.39, 0.29) is 6.04 Å². The zero-order valence-electron chi connectivity index (χ0n) is 26.4. The molecule has 0 heterocycles. The Balaban J connectivity index is 1.17. The molecule has 3 heteroatoms. The standard InChI is InChI=1S/C45H33N3/c1-4-16-35(17-5-1)45(36-18-6-2-7-19-36)47-46-43-32-31-39(41-24-12-13-25-42(41)43)34-27-29-38(30-28-34)48(37-21-8-3-9-22-37)44-26-14-20-33-15-10-11-23-40(33)44/h1-32,45H. The van der Waals surface area contributed by atoms with Gasteiger partial charge in [-0.1, -0.05) is 158 Å². The first-order chi connectivity index (χ1) is 23.8. The number of nitrogens with zero attached hydrogens (tertiary/aromatic N) is 3. The molecule has 0 atom stereocenters. The summed E-state index contributed by atoms with van der Waals surface area (Å²) in [5, 5.41) is 14.4. The molecule has 0 aliphatic heterocycles. The third kappa shape index (κ3) is 5.74. The summed E-state index contributed by atoms with van der Waals surface area (Å²) >= 11 is 0. The van der Waals surface area contributed by atoms with Crippen LogP contribution in [-0.2, 0) is 0 Å². The van der Waals surface area contributed by atoms with Gasteiger partial charge in [0.1, 0.15) is 6.04 Å². The van der Waals surface area contributed by atoms with E-state index in [1.54, 1.807) is 0 Å². The van der Waals surface area contributed by atoms with Gasteiger partial charge in [0.15, 0.2) is 0 Å². The molecule has 0 aromatic heterocycles. The zero-order chi connectivity index (χ0) is 32.1. The molecule has 0 saturated carbocycles. The lowest BCUT2D eigenvalue weighted by Gasteiger charge is -2.27.